The van der Waals surface area contributed by atoms with Crippen LogP contribution in [0.25, 0.3) is 0 Å². The van der Waals surface area contributed by atoms with Crippen molar-refractivity contribution in [3.8, 4) is 0 Å². The molecule has 0 aromatic rings. The van der Waals surface area contributed by atoms with Crippen LogP contribution in [0, 0.1) is 0 Å². The molecule has 0 aliphatic rings. The van der Waals surface area contributed by atoms with Gasteiger partial charge in [0.2, 0.25) is 0 Å². The zero-order valence-corrected chi connectivity index (χ0v) is 7.21. The van der Waals surface area contributed by atoms with Crippen LogP contribution in [0.15, 0.2) is 12.7 Å². The summed E-state index contributed by atoms with van der Waals surface area (Å²) >= 11 is 10.6. The lowest BCUT2D eigenvalue weighted by atomic mass is 10.7. The molecule has 1 unspecified atom stereocenters. The molecule has 0 saturated heterocycles. The summed E-state index contributed by atoms with van der Waals surface area (Å²) in [7, 11) is -0.983. The van der Waals surface area contributed by atoms with Gasteiger partial charge in [-0.05, 0) is 0 Å². The zero-order valence-electron chi connectivity index (χ0n) is 4.28. The van der Waals surface area contributed by atoms with Crippen LogP contribution in [0.5, 0.6) is 0 Å². The Hall–Kier alpha value is 0.467. The number of hydrogen-bond donors (Lipinski definition) is 0. The van der Waals surface area contributed by atoms with Crippen LogP contribution < -0.4 is 0 Å². The fourth-order valence-corrected chi connectivity index (χ4v) is 1.82. The fraction of sp³-hybridized carbons (Fsp3) is 0.500. The average Bonchev–Trinajstić information content (AvgIpc) is 1.65. The van der Waals surface area contributed by atoms with Gasteiger partial charge in [0.25, 0.3) is 0 Å². The minimum absolute atomic E-state index is 0.483. The van der Waals surface area contributed by atoms with E-state index in [2.05, 4.69) is 6.58 Å². The Labute approximate surface area is 60.5 Å². The molecule has 0 aromatic carbocycles. The molecular formula is C4H7Cl2FSi. The van der Waals surface area contributed by atoms with Crippen molar-refractivity contribution in [2.75, 3.05) is 0 Å². The van der Waals surface area contributed by atoms with Gasteiger partial charge in [-0.25, -0.2) is 4.39 Å². The maximum Gasteiger partial charge on any atom is 0.107 e. The van der Waals surface area contributed by atoms with Gasteiger partial charge >= 0.3 is 0 Å². The molecule has 0 bridgehead atoms. The molecule has 4 heteroatoms. The van der Waals surface area contributed by atoms with Crippen molar-refractivity contribution < 1.29 is 4.39 Å². The molecule has 0 saturated carbocycles. The summed E-state index contributed by atoms with van der Waals surface area (Å²) in [5, 5.41) is 0. The molecule has 0 spiro atoms. The van der Waals surface area contributed by atoms with Crippen LogP contribution in [0.4, 0.5) is 4.39 Å². The largest absolute Gasteiger partial charge is 0.248 e. The summed E-state index contributed by atoms with van der Waals surface area (Å²) < 4.78 is 11.7. The SMILES string of the molecule is C=CC(F)[SiH2]C(Cl)Cl. The minimum atomic E-state index is -0.983. The summed E-state index contributed by atoms with van der Waals surface area (Å²) in [4.78, 5) is 0. The standard InChI is InChI=1S/C4H7Cl2FSi/c1-2-3(7)8-4(5)6/h2-4H,1,8H2. The molecule has 0 amide bonds. The summed E-state index contributed by atoms with van der Waals surface area (Å²) in [6.45, 7) is 3.26. The van der Waals surface area contributed by atoms with Crippen molar-refractivity contribution in [3.63, 3.8) is 0 Å². The summed E-state index contributed by atoms with van der Waals surface area (Å²) in [5.74, 6) is -0.935. The van der Waals surface area contributed by atoms with Gasteiger partial charge in [-0.3, -0.25) is 0 Å². The molecular weight excluding hydrogens is 166 g/mol. The molecule has 0 radical (unpaired) electrons. The third kappa shape index (κ3) is 4.62. The van der Waals surface area contributed by atoms with E-state index in [9.17, 15) is 4.39 Å². The molecule has 0 N–H and O–H groups in total. The maximum atomic E-state index is 12.2. The van der Waals surface area contributed by atoms with Crippen molar-refractivity contribution in [2.45, 2.75) is 10.3 Å². The minimum Gasteiger partial charge on any atom is -0.248 e. The first kappa shape index (κ1) is 8.47. The van der Waals surface area contributed by atoms with Gasteiger partial charge in [0.15, 0.2) is 0 Å². The Morgan fingerprint density at radius 3 is 2.25 bits per heavy atom. The van der Waals surface area contributed by atoms with Crippen molar-refractivity contribution in [2.24, 2.45) is 0 Å². The smallest absolute Gasteiger partial charge is 0.107 e. The Balaban J connectivity index is 3.23. The van der Waals surface area contributed by atoms with Crippen LogP contribution in [0.2, 0.25) is 0 Å². The molecule has 8 heavy (non-hydrogen) atoms. The highest BCUT2D eigenvalue weighted by Gasteiger charge is 2.07. The van der Waals surface area contributed by atoms with Crippen molar-refractivity contribution in [1.82, 2.24) is 0 Å². The second kappa shape index (κ2) is 4.36. The molecule has 0 fully saturated rings. The van der Waals surface area contributed by atoms with Crippen LogP contribution in [0.3, 0.4) is 0 Å². The first-order chi connectivity index (χ1) is 3.66. The Kier molecular flexibility index (Phi) is 4.61. The molecule has 0 aromatic heterocycles. The summed E-state index contributed by atoms with van der Waals surface area (Å²) in [5.41, 5.74) is 0. The Bertz CT molecular complexity index is 76.4. The molecule has 0 aliphatic heterocycles. The molecule has 0 heterocycles. The van der Waals surface area contributed by atoms with E-state index in [1.165, 1.54) is 6.08 Å². The quantitative estimate of drug-likeness (QED) is 0.343. The van der Waals surface area contributed by atoms with E-state index >= 15 is 0 Å². The molecule has 0 rings (SSSR count). The lowest BCUT2D eigenvalue weighted by molar-refractivity contribution is 0.506. The predicted octanol–water partition coefficient (Wildman–Crippen LogP) is 1.40. The van der Waals surface area contributed by atoms with E-state index in [1.54, 1.807) is 0 Å². The molecule has 0 nitrogen and oxygen atoms in total. The van der Waals surface area contributed by atoms with Gasteiger partial charge < -0.3 is 0 Å². The van der Waals surface area contributed by atoms with Gasteiger partial charge in [0, 0.05) is 0 Å². The number of hydrogen-bond acceptors (Lipinski definition) is 0. The first-order valence-electron chi connectivity index (χ1n) is 2.21. The fourth-order valence-electron chi connectivity index (χ4n) is 0.266. The third-order valence-electron chi connectivity index (χ3n) is 0.659. The number of alkyl halides is 3. The third-order valence-corrected chi connectivity index (χ3v) is 2.87. The van der Waals surface area contributed by atoms with Crippen LogP contribution >= 0.6 is 23.2 Å². The topological polar surface area (TPSA) is 0 Å². The second-order valence-corrected chi connectivity index (χ2v) is 5.76. The molecule has 1 atom stereocenters. The number of rotatable bonds is 3. The van der Waals surface area contributed by atoms with E-state index in [0.717, 1.165) is 0 Å². The normalized spacial score (nSPS) is 15.5. The van der Waals surface area contributed by atoms with Crippen LogP contribution in [0.1, 0.15) is 0 Å². The van der Waals surface area contributed by atoms with Crippen molar-refractivity contribution >= 4 is 32.7 Å². The van der Waals surface area contributed by atoms with E-state index in [-0.39, 0.29) is 0 Å². The van der Waals surface area contributed by atoms with Crippen LogP contribution in [-0.2, 0) is 0 Å². The Morgan fingerprint density at radius 1 is 1.62 bits per heavy atom. The van der Waals surface area contributed by atoms with Gasteiger partial charge in [-0.15, -0.1) is 29.8 Å². The van der Waals surface area contributed by atoms with Gasteiger partial charge in [0.05, 0.1) is 4.46 Å². The van der Waals surface area contributed by atoms with E-state index in [4.69, 9.17) is 23.2 Å². The molecule has 48 valence electrons. The molecule has 0 aliphatic carbocycles. The van der Waals surface area contributed by atoms with E-state index in [1.807, 2.05) is 0 Å². The first-order valence-corrected chi connectivity index (χ1v) is 4.72. The van der Waals surface area contributed by atoms with Gasteiger partial charge in [-0.1, -0.05) is 6.08 Å². The van der Waals surface area contributed by atoms with Crippen LogP contribution in [-0.4, -0.2) is 19.8 Å². The van der Waals surface area contributed by atoms with Gasteiger partial charge in [0.1, 0.15) is 15.3 Å². The zero-order chi connectivity index (χ0) is 6.57. The summed E-state index contributed by atoms with van der Waals surface area (Å²) in [6, 6.07) is 0. The maximum absolute atomic E-state index is 12.2. The number of halogens is 3. The number of allylic oxidation sites excluding steroid dienone is 1. The lowest BCUT2D eigenvalue weighted by Gasteiger charge is -1.98. The lowest BCUT2D eigenvalue weighted by Crippen LogP contribution is -2.14. The monoisotopic (exact) mass is 172 g/mol. The highest BCUT2D eigenvalue weighted by Crippen LogP contribution is 2.03. The average molecular weight is 173 g/mol. The summed E-state index contributed by atoms with van der Waals surface area (Å²) in [6.07, 6.45) is 1.24. The highest BCUT2D eigenvalue weighted by atomic mass is 35.5. The predicted molar refractivity (Wildman–Crippen MR) is 39.1 cm³/mol. The van der Waals surface area contributed by atoms with Crippen molar-refractivity contribution in [1.29, 1.82) is 0 Å². The van der Waals surface area contributed by atoms with Crippen molar-refractivity contribution in [3.05, 3.63) is 12.7 Å². The Morgan fingerprint density at radius 2 is 2.12 bits per heavy atom. The highest BCUT2D eigenvalue weighted by molar-refractivity contribution is 6.69. The van der Waals surface area contributed by atoms with E-state index < -0.39 is 19.8 Å². The van der Waals surface area contributed by atoms with Gasteiger partial charge in [-0.2, -0.15) is 0 Å². The second-order valence-electron chi connectivity index (χ2n) is 1.38. The van der Waals surface area contributed by atoms with E-state index in [0.29, 0.717) is 0 Å².